The van der Waals surface area contributed by atoms with Gasteiger partial charge in [0.15, 0.2) is 5.82 Å². The average molecular weight is 626 g/mol. The monoisotopic (exact) mass is 625 g/mol. The molecule has 0 N–H and O–H groups in total. The quantitative estimate of drug-likeness (QED) is 0.183. The summed E-state index contributed by atoms with van der Waals surface area (Å²) in [7, 11) is 0. The first-order chi connectivity index (χ1) is 24.3. The molecule has 7 aromatic carbocycles. The van der Waals surface area contributed by atoms with E-state index in [1.54, 1.807) is 0 Å². The number of hydrogen-bond acceptors (Lipinski definition) is 4. The number of nitrogens with zero attached hydrogens (tertiary/aromatic N) is 3. The fourth-order valence-corrected chi connectivity index (χ4v) is 7.14. The SMILES string of the molecule is c1ccc(-c2nc(-c3ccc4oc5c6ccccc6nc(-c6ccccc6)c5c4c3)cc(-c3cc4ccccc4c4ccccc34)n2)cc1. The van der Waals surface area contributed by atoms with E-state index in [0.717, 1.165) is 77.6 Å². The third kappa shape index (κ3) is 4.49. The minimum atomic E-state index is 0.681. The van der Waals surface area contributed by atoms with Crippen molar-refractivity contribution in [2.24, 2.45) is 0 Å². The van der Waals surface area contributed by atoms with Crippen molar-refractivity contribution in [3.05, 3.63) is 164 Å². The molecule has 0 saturated carbocycles. The van der Waals surface area contributed by atoms with Gasteiger partial charge < -0.3 is 4.42 Å². The van der Waals surface area contributed by atoms with Crippen molar-refractivity contribution in [1.82, 2.24) is 15.0 Å². The maximum atomic E-state index is 6.62. The lowest BCUT2D eigenvalue weighted by molar-refractivity contribution is 0.672. The number of furan rings is 1. The molecule has 10 rings (SSSR count). The summed E-state index contributed by atoms with van der Waals surface area (Å²) in [5, 5.41) is 7.77. The first-order valence-corrected chi connectivity index (χ1v) is 16.4. The molecule has 49 heavy (non-hydrogen) atoms. The summed E-state index contributed by atoms with van der Waals surface area (Å²) in [6, 6.07) is 56.6. The van der Waals surface area contributed by atoms with Gasteiger partial charge in [0.25, 0.3) is 0 Å². The van der Waals surface area contributed by atoms with E-state index in [-0.39, 0.29) is 0 Å². The third-order valence-electron chi connectivity index (χ3n) is 9.45. The molecule has 0 bridgehead atoms. The number of fused-ring (bicyclic) bond motifs is 8. The maximum absolute atomic E-state index is 6.62. The molecule has 10 aromatic rings. The molecule has 0 unspecified atom stereocenters. The van der Waals surface area contributed by atoms with E-state index >= 15 is 0 Å². The number of aromatic nitrogens is 3. The molecule has 0 saturated heterocycles. The normalized spacial score (nSPS) is 11.7. The summed E-state index contributed by atoms with van der Waals surface area (Å²) in [5.74, 6) is 0.681. The zero-order chi connectivity index (χ0) is 32.3. The predicted molar refractivity (Wildman–Crippen MR) is 201 cm³/mol. The van der Waals surface area contributed by atoms with Crippen molar-refractivity contribution >= 4 is 54.4 Å². The summed E-state index contributed by atoms with van der Waals surface area (Å²) in [6.45, 7) is 0. The van der Waals surface area contributed by atoms with Crippen LogP contribution >= 0.6 is 0 Å². The van der Waals surface area contributed by atoms with Crippen LogP contribution in [0.1, 0.15) is 0 Å². The summed E-state index contributed by atoms with van der Waals surface area (Å²) in [5.41, 5.74) is 9.25. The van der Waals surface area contributed by atoms with Crippen LogP contribution in [0.4, 0.5) is 0 Å². The van der Waals surface area contributed by atoms with Crippen molar-refractivity contribution in [3.63, 3.8) is 0 Å². The largest absolute Gasteiger partial charge is 0.455 e. The lowest BCUT2D eigenvalue weighted by Crippen LogP contribution is -1.96. The van der Waals surface area contributed by atoms with Gasteiger partial charge in [0.2, 0.25) is 0 Å². The minimum Gasteiger partial charge on any atom is -0.455 e. The minimum absolute atomic E-state index is 0.681. The molecule has 0 aliphatic rings. The molecular formula is C45H27N3O. The number of hydrogen-bond donors (Lipinski definition) is 0. The van der Waals surface area contributed by atoms with E-state index in [2.05, 4.69) is 121 Å². The summed E-state index contributed by atoms with van der Waals surface area (Å²) < 4.78 is 6.62. The van der Waals surface area contributed by atoms with Gasteiger partial charge in [0.05, 0.1) is 28.0 Å². The predicted octanol–water partition coefficient (Wildman–Crippen LogP) is 11.9. The Labute approximate surface area is 282 Å². The van der Waals surface area contributed by atoms with Crippen molar-refractivity contribution in [2.75, 3.05) is 0 Å². The smallest absolute Gasteiger partial charge is 0.160 e. The molecule has 3 heterocycles. The Balaban J connectivity index is 1.25. The first-order valence-electron chi connectivity index (χ1n) is 16.4. The van der Waals surface area contributed by atoms with Crippen LogP contribution < -0.4 is 0 Å². The van der Waals surface area contributed by atoms with E-state index in [0.29, 0.717) is 5.82 Å². The van der Waals surface area contributed by atoms with E-state index in [4.69, 9.17) is 19.4 Å². The highest BCUT2D eigenvalue weighted by Crippen LogP contribution is 2.41. The van der Waals surface area contributed by atoms with Gasteiger partial charge >= 0.3 is 0 Å². The topological polar surface area (TPSA) is 51.8 Å². The fourth-order valence-electron chi connectivity index (χ4n) is 7.14. The second kappa shape index (κ2) is 11.0. The highest BCUT2D eigenvalue weighted by atomic mass is 16.3. The molecule has 0 spiro atoms. The molecule has 0 atom stereocenters. The highest BCUT2D eigenvalue weighted by molar-refractivity contribution is 6.20. The standard InChI is InChI=1S/C45H27N3O/c1-3-13-28(14-4-1)43-42-37-26-31(23-24-41(37)49-44(42)35-21-11-12-22-38(35)46-43)39-27-40(48-45(47-39)29-15-5-2-6-16-29)36-25-30-17-7-8-18-32(30)33-19-9-10-20-34(33)36/h1-27H. The van der Waals surface area contributed by atoms with Gasteiger partial charge in [-0.05, 0) is 64.0 Å². The Bertz CT molecular complexity index is 2880. The van der Waals surface area contributed by atoms with Crippen LogP contribution in [0.25, 0.3) is 99.5 Å². The van der Waals surface area contributed by atoms with Gasteiger partial charge in [-0.15, -0.1) is 0 Å². The van der Waals surface area contributed by atoms with Crippen molar-refractivity contribution in [3.8, 4) is 45.2 Å². The Kier molecular flexibility index (Phi) is 6.15. The highest BCUT2D eigenvalue weighted by Gasteiger charge is 2.20. The third-order valence-corrected chi connectivity index (χ3v) is 9.45. The second-order valence-corrected chi connectivity index (χ2v) is 12.4. The number of benzene rings is 7. The van der Waals surface area contributed by atoms with Crippen LogP contribution in [-0.2, 0) is 0 Å². The number of rotatable bonds is 4. The Morgan fingerprint density at radius 2 is 1.06 bits per heavy atom. The van der Waals surface area contributed by atoms with Gasteiger partial charge in [0.1, 0.15) is 11.2 Å². The molecule has 0 amide bonds. The second-order valence-electron chi connectivity index (χ2n) is 12.4. The molecule has 4 heteroatoms. The Morgan fingerprint density at radius 1 is 0.408 bits per heavy atom. The van der Waals surface area contributed by atoms with Gasteiger partial charge in [-0.25, -0.2) is 15.0 Å². The summed E-state index contributed by atoms with van der Waals surface area (Å²) in [6.07, 6.45) is 0. The number of pyridine rings is 1. The summed E-state index contributed by atoms with van der Waals surface area (Å²) in [4.78, 5) is 15.6. The zero-order valence-corrected chi connectivity index (χ0v) is 26.3. The van der Waals surface area contributed by atoms with E-state index in [1.807, 2.05) is 42.5 Å². The van der Waals surface area contributed by atoms with Crippen LogP contribution in [-0.4, -0.2) is 15.0 Å². The van der Waals surface area contributed by atoms with E-state index < -0.39 is 0 Å². The Morgan fingerprint density at radius 3 is 1.88 bits per heavy atom. The average Bonchev–Trinajstić information content (AvgIpc) is 3.57. The molecule has 0 radical (unpaired) electrons. The lowest BCUT2D eigenvalue weighted by atomic mass is 9.95. The molecule has 0 aliphatic carbocycles. The zero-order valence-electron chi connectivity index (χ0n) is 26.3. The first kappa shape index (κ1) is 27.5. The maximum Gasteiger partial charge on any atom is 0.160 e. The molecule has 4 nitrogen and oxygen atoms in total. The summed E-state index contributed by atoms with van der Waals surface area (Å²) >= 11 is 0. The van der Waals surface area contributed by atoms with E-state index in [1.165, 1.54) is 16.2 Å². The molecule has 0 fully saturated rings. The fraction of sp³-hybridized carbons (Fsp3) is 0. The molecule has 228 valence electrons. The van der Waals surface area contributed by atoms with Gasteiger partial charge in [-0.2, -0.15) is 0 Å². The van der Waals surface area contributed by atoms with Crippen LogP contribution in [0.3, 0.4) is 0 Å². The van der Waals surface area contributed by atoms with Crippen molar-refractivity contribution in [1.29, 1.82) is 0 Å². The van der Waals surface area contributed by atoms with Crippen LogP contribution in [0.15, 0.2) is 168 Å². The van der Waals surface area contributed by atoms with Gasteiger partial charge in [0, 0.05) is 33.0 Å². The lowest BCUT2D eigenvalue weighted by Gasteiger charge is -2.13. The van der Waals surface area contributed by atoms with Crippen LogP contribution in [0.2, 0.25) is 0 Å². The van der Waals surface area contributed by atoms with Crippen LogP contribution in [0.5, 0.6) is 0 Å². The van der Waals surface area contributed by atoms with Crippen molar-refractivity contribution < 1.29 is 4.42 Å². The Hall–Kier alpha value is -6.65. The van der Waals surface area contributed by atoms with Crippen molar-refractivity contribution in [2.45, 2.75) is 0 Å². The molecule has 0 aliphatic heterocycles. The molecule has 3 aromatic heterocycles. The van der Waals surface area contributed by atoms with Gasteiger partial charge in [-0.1, -0.05) is 121 Å². The van der Waals surface area contributed by atoms with E-state index in [9.17, 15) is 0 Å². The van der Waals surface area contributed by atoms with Gasteiger partial charge in [-0.3, -0.25) is 0 Å². The number of para-hydroxylation sites is 1. The van der Waals surface area contributed by atoms with Crippen LogP contribution in [0, 0.1) is 0 Å². The molecular weight excluding hydrogens is 599 g/mol.